The molecule has 0 bridgehead atoms. The van der Waals surface area contributed by atoms with Gasteiger partial charge in [-0.05, 0) is 43.2 Å². The predicted octanol–water partition coefficient (Wildman–Crippen LogP) is 1.38. The third-order valence-corrected chi connectivity index (χ3v) is 4.64. The topological polar surface area (TPSA) is 116 Å². The third-order valence-electron chi connectivity index (χ3n) is 3.71. The summed E-state index contributed by atoms with van der Waals surface area (Å²) < 4.78 is 40.9. The Hall–Kier alpha value is -2.78. The molecule has 0 aromatic heterocycles. The van der Waals surface area contributed by atoms with E-state index in [2.05, 4.69) is 5.32 Å². The number of esters is 1. The molecule has 0 aliphatic carbocycles. The first kappa shape index (κ1) is 20.5. The number of hydrogen-bond acceptors (Lipinski definition) is 5. The van der Waals surface area contributed by atoms with Crippen molar-refractivity contribution in [1.29, 1.82) is 0 Å². The number of nitrogens with two attached hydrogens (primary N) is 1. The highest BCUT2D eigenvalue weighted by Crippen LogP contribution is 2.10. The Balaban J connectivity index is 1.83. The van der Waals surface area contributed by atoms with Crippen LogP contribution in [0.2, 0.25) is 0 Å². The summed E-state index contributed by atoms with van der Waals surface area (Å²) in [4.78, 5) is 23.9. The molecule has 144 valence electrons. The Labute approximate surface area is 156 Å². The molecule has 3 N–H and O–H groups in total. The third kappa shape index (κ3) is 5.87. The SMILES string of the molecule is C[C@@H](OC(=O)c1ccccc1F)C(=O)NCCc1ccc(S(N)(=O)=O)cc1. The van der Waals surface area contributed by atoms with Crippen LogP contribution in [-0.2, 0) is 26.0 Å². The predicted molar refractivity (Wildman–Crippen MR) is 95.8 cm³/mol. The van der Waals surface area contributed by atoms with Crippen LogP contribution in [0.4, 0.5) is 4.39 Å². The van der Waals surface area contributed by atoms with Crippen molar-refractivity contribution in [2.75, 3.05) is 6.54 Å². The number of rotatable bonds is 7. The maximum absolute atomic E-state index is 13.5. The molecule has 27 heavy (non-hydrogen) atoms. The molecule has 9 heteroatoms. The summed E-state index contributed by atoms with van der Waals surface area (Å²) in [5.41, 5.74) is 0.547. The first-order valence-corrected chi connectivity index (χ1v) is 9.58. The molecule has 1 amide bonds. The quantitative estimate of drug-likeness (QED) is 0.689. The fraction of sp³-hybridized carbons (Fsp3) is 0.222. The Morgan fingerprint density at radius 2 is 1.78 bits per heavy atom. The molecule has 0 saturated heterocycles. The van der Waals surface area contributed by atoms with E-state index < -0.39 is 33.8 Å². The first-order valence-electron chi connectivity index (χ1n) is 8.03. The van der Waals surface area contributed by atoms with Gasteiger partial charge in [0.1, 0.15) is 5.82 Å². The van der Waals surface area contributed by atoms with Crippen molar-refractivity contribution in [3.63, 3.8) is 0 Å². The Morgan fingerprint density at radius 1 is 1.15 bits per heavy atom. The van der Waals surface area contributed by atoms with Crippen molar-refractivity contribution in [3.05, 3.63) is 65.5 Å². The highest BCUT2D eigenvalue weighted by atomic mass is 32.2. The van der Waals surface area contributed by atoms with E-state index in [0.717, 1.165) is 11.6 Å². The van der Waals surface area contributed by atoms with Gasteiger partial charge in [0.2, 0.25) is 10.0 Å². The number of amides is 1. The average molecular weight is 394 g/mol. The number of primary sulfonamides is 1. The van der Waals surface area contributed by atoms with Crippen molar-refractivity contribution in [3.8, 4) is 0 Å². The zero-order valence-electron chi connectivity index (χ0n) is 14.5. The number of nitrogens with one attached hydrogen (secondary N) is 1. The van der Waals surface area contributed by atoms with Crippen LogP contribution in [0.15, 0.2) is 53.4 Å². The van der Waals surface area contributed by atoms with Gasteiger partial charge in [0, 0.05) is 6.54 Å². The minimum absolute atomic E-state index is 0.00367. The molecule has 2 aromatic rings. The number of ether oxygens (including phenoxy) is 1. The van der Waals surface area contributed by atoms with Gasteiger partial charge in [-0.1, -0.05) is 24.3 Å². The molecular formula is C18H19FN2O5S. The van der Waals surface area contributed by atoms with Gasteiger partial charge < -0.3 is 10.1 Å². The van der Waals surface area contributed by atoms with E-state index >= 15 is 0 Å². The smallest absolute Gasteiger partial charge is 0.341 e. The van der Waals surface area contributed by atoms with E-state index in [1.165, 1.54) is 37.3 Å². The van der Waals surface area contributed by atoms with Crippen molar-refractivity contribution >= 4 is 21.9 Å². The zero-order valence-corrected chi connectivity index (χ0v) is 15.3. The monoisotopic (exact) mass is 394 g/mol. The second-order valence-corrected chi connectivity index (χ2v) is 7.32. The number of halogens is 1. The van der Waals surface area contributed by atoms with Gasteiger partial charge in [0.25, 0.3) is 5.91 Å². The van der Waals surface area contributed by atoms with Crippen LogP contribution in [0.25, 0.3) is 0 Å². The van der Waals surface area contributed by atoms with Gasteiger partial charge in [-0.3, -0.25) is 4.79 Å². The zero-order chi connectivity index (χ0) is 20.0. The van der Waals surface area contributed by atoms with Crippen LogP contribution in [0.5, 0.6) is 0 Å². The minimum Gasteiger partial charge on any atom is -0.449 e. The van der Waals surface area contributed by atoms with Crippen LogP contribution >= 0.6 is 0 Å². The fourth-order valence-electron chi connectivity index (χ4n) is 2.22. The average Bonchev–Trinajstić information content (AvgIpc) is 2.61. The van der Waals surface area contributed by atoms with E-state index in [1.54, 1.807) is 12.1 Å². The lowest BCUT2D eigenvalue weighted by atomic mass is 10.1. The Morgan fingerprint density at radius 3 is 2.37 bits per heavy atom. The van der Waals surface area contributed by atoms with E-state index in [1.807, 2.05) is 0 Å². The van der Waals surface area contributed by atoms with Gasteiger partial charge in [-0.25, -0.2) is 22.7 Å². The van der Waals surface area contributed by atoms with Crippen LogP contribution in [-0.4, -0.2) is 32.9 Å². The van der Waals surface area contributed by atoms with Gasteiger partial charge in [-0.15, -0.1) is 0 Å². The number of hydrogen-bond donors (Lipinski definition) is 2. The van der Waals surface area contributed by atoms with Crippen molar-refractivity contribution in [2.24, 2.45) is 5.14 Å². The minimum atomic E-state index is -3.75. The van der Waals surface area contributed by atoms with Gasteiger partial charge in [-0.2, -0.15) is 0 Å². The molecule has 0 aliphatic rings. The molecule has 0 aliphatic heterocycles. The van der Waals surface area contributed by atoms with E-state index in [-0.39, 0.29) is 17.0 Å². The molecule has 0 fully saturated rings. The summed E-state index contributed by atoms with van der Waals surface area (Å²) in [5, 5.41) is 7.62. The highest BCUT2D eigenvalue weighted by Gasteiger charge is 2.20. The summed E-state index contributed by atoms with van der Waals surface area (Å²) in [6.45, 7) is 1.63. The second kappa shape index (κ2) is 8.74. The maximum atomic E-state index is 13.5. The molecule has 0 saturated carbocycles. The van der Waals surface area contributed by atoms with Gasteiger partial charge in [0.05, 0.1) is 10.5 Å². The molecule has 0 heterocycles. The molecule has 0 spiro atoms. The van der Waals surface area contributed by atoms with Crippen LogP contribution in [0, 0.1) is 5.82 Å². The van der Waals surface area contributed by atoms with E-state index in [4.69, 9.17) is 9.88 Å². The number of carbonyl (C=O) groups is 2. The summed E-state index contributed by atoms with van der Waals surface area (Å²) in [7, 11) is -3.75. The van der Waals surface area contributed by atoms with Crippen LogP contribution in [0.3, 0.4) is 0 Å². The molecule has 1 atom stereocenters. The highest BCUT2D eigenvalue weighted by molar-refractivity contribution is 7.89. The van der Waals surface area contributed by atoms with E-state index in [9.17, 15) is 22.4 Å². The summed E-state index contributed by atoms with van der Waals surface area (Å²) in [6, 6.07) is 11.3. The fourth-order valence-corrected chi connectivity index (χ4v) is 2.74. The Kier molecular flexibility index (Phi) is 6.65. The normalized spacial score (nSPS) is 12.3. The lowest BCUT2D eigenvalue weighted by molar-refractivity contribution is -0.129. The molecule has 0 unspecified atom stereocenters. The Bertz CT molecular complexity index is 929. The second-order valence-electron chi connectivity index (χ2n) is 5.76. The molecule has 7 nitrogen and oxygen atoms in total. The summed E-state index contributed by atoms with van der Waals surface area (Å²) in [6.07, 6.45) is -0.660. The molecule has 2 rings (SSSR count). The molecular weight excluding hydrogens is 375 g/mol. The number of carbonyl (C=O) groups excluding carboxylic acids is 2. The largest absolute Gasteiger partial charge is 0.449 e. The van der Waals surface area contributed by atoms with Crippen molar-refractivity contribution < 1.29 is 27.1 Å². The number of benzene rings is 2. The molecule has 0 radical (unpaired) electrons. The lowest BCUT2D eigenvalue weighted by Gasteiger charge is -2.14. The van der Waals surface area contributed by atoms with Gasteiger partial charge in [0.15, 0.2) is 6.10 Å². The number of sulfonamides is 1. The summed E-state index contributed by atoms with van der Waals surface area (Å²) in [5.74, 6) is -2.17. The van der Waals surface area contributed by atoms with Crippen LogP contribution in [0.1, 0.15) is 22.8 Å². The van der Waals surface area contributed by atoms with Crippen LogP contribution < -0.4 is 10.5 Å². The standard InChI is InChI=1S/C18H19FN2O5S/c1-12(26-18(23)15-4-2-3-5-16(15)19)17(22)21-11-10-13-6-8-14(9-7-13)27(20,24)25/h2-9,12H,10-11H2,1H3,(H,21,22)(H2,20,24,25)/t12-/m1/s1. The first-order chi connectivity index (χ1) is 12.7. The summed E-state index contributed by atoms with van der Waals surface area (Å²) >= 11 is 0. The van der Waals surface area contributed by atoms with E-state index in [0.29, 0.717) is 6.42 Å². The van der Waals surface area contributed by atoms with Crippen molar-refractivity contribution in [2.45, 2.75) is 24.3 Å². The van der Waals surface area contributed by atoms with Crippen molar-refractivity contribution in [1.82, 2.24) is 5.32 Å². The molecule has 2 aromatic carbocycles. The van der Waals surface area contributed by atoms with Gasteiger partial charge >= 0.3 is 5.97 Å². The lowest BCUT2D eigenvalue weighted by Crippen LogP contribution is -2.37. The maximum Gasteiger partial charge on any atom is 0.341 e.